The van der Waals surface area contributed by atoms with Crippen molar-refractivity contribution in [2.75, 3.05) is 44.2 Å². The van der Waals surface area contributed by atoms with E-state index in [-0.39, 0.29) is 17.7 Å². The molecule has 2 aliphatic rings. The summed E-state index contributed by atoms with van der Waals surface area (Å²) in [6.07, 6.45) is 0. The Morgan fingerprint density at radius 3 is 2.42 bits per heavy atom. The van der Waals surface area contributed by atoms with Gasteiger partial charge >= 0.3 is 0 Å². The summed E-state index contributed by atoms with van der Waals surface area (Å²) in [7, 11) is 0. The maximum atomic E-state index is 12.6. The van der Waals surface area contributed by atoms with Gasteiger partial charge in [0.15, 0.2) is 5.13 Å². The van der Waals surface area contributed by atoms with Gasteiger partial charge in [-0.25, -0.2) is 4.98 Å². The fourth-order valence-corrected chi connectivity index (χ4v) is 4.27. The van der Waals surface area contributed by atoms with Crippen LogP contribution in [0.1, 0.15) is 6.92 Å². The second kappa shape index (κ2) is 6.05. The van der Waals surface area contributed by atoms with Crippen LogP contribution in [-0.2, 0) is 9.59 Å². The summed E-state index contributed by atoms with van der Waals surface area (Å²) in [5, 5.41) is 1.00. The SMILES string of the molecule is CC(=O)N1CCN(C(=O)C2CN(c3nc4ccccc4s3)C2)CC1. The van der Waals surface area contributed by atoms with Crippen molar-refractivity contribution in [3.05, 3.63) is 24.3 Å². The molecule has 2 amide bonds. The molecule has 0 atom stereocenters. The van der Waals surface area contributed by atoms with E-state index in [0.29, 0.717) is 26.2 Å². The number of hydrogen-bond acceptors (Lipinski definition) is 5. The molecule has 1 aromatic carbocycles. The third kappa shape index (κ3) is 2.73. The Labute approximate surface area is 144 Å². The number of anilines is 1. The van der Waals surface area contributed by atoms with Crippen LogP contribution in [0, 0.1) is 5.92 Å². The molecule has 0 radical (unpaired) electrons. The minimum Gasteiger partial charge on any atom is -0.346 e. The highest BCUT2D eigenvalue weighted by atomic mass is 32.1. The normalized spacial score (nSPS) is 18.8. The van der Waals surface area contributed by atoms with E-state index in [4.69, 9.17) is 0 Å². The zero-order valence-corrected chi connectivity index (χ0v) is 14.5. The summed E-state index contributed by atoms with van der Waals surface area (Å²) >= 11 is 1.68. The molecule has 6 nitrogen and oxygen atoms in total. The third-order valence-corrected chi connectivity index (χ3v) is 5.92. The Balaban J connectivity index is 1.34. The standard InChI is InChI=1S/C17H20N4O2S/c1-12(22)19-6-8-20(9-7-19)16(23)13-10-21(11-13)17-18-14-4-2-3-5-15(14)24-17/h2-5,13H,6-11H2,1H3. The van der Waals surface area contributed by atoms with Crippen LogP contribution in [0.4, 0.5) is 5.13 Å². The summed E-state index contributed by atoms with van der Waals surface area (Å²) in [5.41, 5.74) is 1.02. The summed E-state index contributed by atoms with van der Waals surface area (Å²) in [5.74, 6) is 0.365. The topological polar surface area (TPSA) is 56.8 Å². The number of rotatable bonds is 2. The molecule has 0 saturated carbocycles. The molecule has 4 rings (SSSR count). The van der Waals surface area contributed by atoms with Gasteiger partial charge in [0.05, 0.1) is 16.1 Å². The minimum absolute atomic E-state index is 0.0564. The molecule has 7 heteroatoms. The molecule has 24 heavy (non-hydrogen) atoms. The van der Waals surface area contributed by atoms with E-state index >= 15 is 0 Å². The smallest absolute Gasteiger partial charge is 0.229 e. The molecule has 0 bridgehead atoms. The van der Waals surface area contributed by atoms with E-state index in [1.165, 1.54) is 4.70 Å². The molecule has 0 spiro atoms. The second-order valence-electron chi connectivity index (χ2n) is 6.40. The number of aromatic nitrogens is 1. The highest BCUT2D eigenvalue weighted by Crippen LogP contribution is 2.33. The van der Waals surface area contributed by atoms with E-state index in [1.807, 2.05) is 23.1 Å². The van der Waals surface area contributed by atoms with Gasteiger partial charge in [0.2, 0.25) is 11.8 Å². The molecular formula is C17H20N4O2S. The zero-order valence-electron chi connectivity index (χ0n) is 13.6. The lowest BCUT2D eigenvalue weighted by molar-refractivity contribution is -0.141. The van der Waals surface area contributed by atoms with E-state index in [0.717, 1.165) is 23.7 Å². The Bertz CT molecular complexity index is 743. The second-order valence-corrected chi connectivity index (χ2v) is 7.41. The molecule has 3 heterocycles. The van der Waals surface area contributed by atoms with Gasteiger partial charge in [-0.1, -0.05) is 23.5 Å². The van der Waals surface area contributed by atoms with Gasteiger partial charge in [0.25, 0.3) is 0 Å². The predicted octanol–water partition coefficient (Wildman–Crippen LogP) is 1.42. The number of nitrogens with zero attached hydrogens (tertiary/aromatic N) is 4. The van der Waals surface area contributed by atoms with E-state index in [1.54, 1.807) is 23.2 Å². The maximum Gasteiger partial charge on any atom is 0.229 e. The first-order valence-corrected chi connectivity index (χ1v) is 9.08. The lowest BCUT2D eigenvalue weighted by Gasteiger charge is -2.42. The van der Waals surface area contributed by atoms with Gasteiger partial charge in [-0.05, 0) is 12.1 Å². The van der Waals surface area contributed by atoms with Crippen molar-refractivity contribution in [3.8, 4) is 0 Å². The number of fused-ring (bicyclic) bond motifs is 1. The lowest BCUT2D eigenvalue weighted by Crippen LogP contribution is -2.58. The fraction of sp³-hybridized carbons (Fsp3) is 0.471. The summed E-state index contributed by atoms with van der Waals surface area (Å²) < 4.78 is 1.18. The van der Waals surface area contributed by atoms with Crippen LogP contribution in [-0.4, -0.2) is 65.9 Å². The molecule has 2 saturated heterocycles. The largest absolute Gasteiger partial charge is 0.346 e. The van der Waals surface area contributed by atoms with E-state index in [9.17, 15) is 9.59 Å². The number of carbonyl (C=O) groups is 2. The van der Waals surface area contributed by atoms with Crippen LogP contribution in [0.3, 0.4) is 0 Å². The van der Waals surface area contributed by atoms with Gasteiger partial charge in [-0.15, -0.1) is 0 Å². The molecule has 2 aromatic rings. The average Bonchev–Trinajstić information content (AvgIpc) is 2.96. The molecule has 0 aliphatic carbocycles. The molecule has 2 fully saturated rings. The van der Waals surface area contributed by atoms with Crippen molar-refractivity contribution in [2.45, 2.75) is 6.92 Å². The Morgan fingerprint density at radius 2 is 1.75 bits per heavy atom. The lowest BCUT2D eigenvalue weighted by atomic mass is 9.99. The first-order chi connectivity index (χ1) is 11.6. The van der Waals surface area contributed by atoms with E-state index < -0.39 is 0 Å². The van der Waals surface area contributed by atoms with Crippen LogP contribution in [0.15, 0.2) is 24.3 Å². The number of piperazine rings is 1. The van der Waals surface area contributed by atoms with Gasteiger partial charge in [0.1, 0.15) is 0 Å². The van der Waals surface area contributed by atoms with Crippen molar-refractivity contribution < 1.29 is 9.59 Å². The van der Waals surface area contributed by atoms with Crippen LogP contribution in [0.25, 0.3) is 10.2 Å². The van der Waals surface area contributed by atoms with E-state index in [2.05, 4.69) is 16.0 Å². The monoisotopic (exact) mass is 344 g/mol. The molecule has 0 N–H and O–H groups in total. The molecule has 0 unspecified atom stereocenters. The highest BCUT2D eigenvalue weighted by Gasteiger charge is 2.37. The van der Waals surface area contributed by atoms with Crippen molar-refractivity contribution in [1.82, 2.24) is 14.8 Å². The zero-order chi connectivity index (χ0) is 16.7. The summed E-state index contributed by atoms with van der Waals surface area (Å²) in [6, 6.07) is 8.11. The highest BCUT2D eigenvalue weighted by molar-refractivity contribution is 7.22. The Kier molecular flexibility index (Phi) is 3.88. The van der Waals surface area contributed by atoms with Crippen molar-refractivity contribution in [1.29, 1.82) is 0 Å². The van der Waals surface area contributed by atoms with Gasteiger partial charge < -0.3 is 14.7 Å². The predicted molar refractivity (Wildman–Crippen MR) is 94.2 cm³/mol. The van der Waals surface area contributed by atoms with Crippen LogP contribution >= 0.6 is 11.3 Å². The Hall–Kier alpha value is -2.15. The van der Waals surface area contributed by atoms with Crippen molar-refractivity contribution in [3.63, 3.8) is 0 Å². The molecule has 2 aliphatic heterocycles. The van der Waals surface area contributed by atoms with Crippen molar-refractivity contribution in [2.24, 2.45) is 5.92 Å². The number of para-hydroxylation sites is 1. The van der Waals surface area contributed by atoms with Gasteiger partial charge in [-0.2, -0.15) is 0 Å². The van der Waals surface area contributed by atoms with Crippen LogP contribution < -0.4 is 4.90 Å². The average molecular weight is 344 g/mol. The number of benzene rings is 1. The van der Waals surface area contributed by atoms with Crippen molar-refractivity contribution >= 4 is 38.5 Å². The fourth-order valence-electron chi connectivity index (χ4n) is 3.29. The Morgan fingerprint density at radius 1 is 1.08 bits per heavy atom. The maximum absolute atomic E-state index is 12.6. The molecule has 1 aromatic heterocycles. The van der Waals surface area contributed by atoms with Crippen LogP contribution in [0.2, 0.25) is 0 Å². The first kappa shape index (κ1) is 15.4. The quantitative estimate of drug-likeness (QED) is 0.827. The van der Waals surface area contributed by atoms with Gasteiger partial charge in [0, 0.05) is 46.2 Å². The first-order valence-electron chi connectivity index (χ1n) is 8.26. The number of carbonyl (C=O) groups excluding carboxylic acids is 2. The van der Waals surface area contributed by atoms with Crippen LogP contribution in [0.5, 0.6) is 0 Å². The summed E-state index contributed by atoms with van der Waals surface area (Å²) in [4.78, 5) is 34.5. The summed E-state index contributed by atoms with van der Waals surface area (Å²) in [6.45, 7) is 5.66. The number of hydrogen-bond donors (Lipinski definition) is 0. The van der Waals surface area contributed by atoms with Gasteiger partial charge in [-0.3, -0.25) is 9.59 Å². The number of amides is 2. The minimum atomic E-state index is 0.0564. The third-order valence-electron chi connectivity index (χ3n) is 4.82. The number of thiazole rings is 1. The molecule has 126 valence electrons. The molecular weight excluding hydrogens is 324 g/mol.